The van der Waals surface area contributed by atoms with E-state index >= 15 is 0 Å². The molecule has 0 aromatic carbocycles. The molecule has 0 amide bonds. The molecule has 0 bridgehead atoms. The summed E-state index contributed by atoms with van der Waals surface area (Å²) in [4.78, 5) is 0. The highest BCUT2D eigenvalue weighted by Gasteiger charge is 2.10. The summed E-state index contributed by atoms with van der Waals surface area (Å²) in [7, 11) is 0. The first-order valence-corrected chi connectivity index (χ1v) is 4.63. The van der Waals surface area contributed by atoms with Crippen molar-refractivity contribution >= 4 is 34.5 Å². The Labute approximate surface area is 79.3 Å². The predicted octanol–water partition coefficient (Wildman–Crippen LogP) is 2.58. The van der Waals surface area contributed by atoms with Gasteiger partial charge < -0.3 is 0 Å². The van der Waals surface area contributed by atoms with E-state index < -0.39 is 0 Å². The second kappa shape index (κ2) is 3.74. The quantitative estimate of drug-likeness (QED) is 0.582. The highest BCUT2D eigenvalue weighted by Crippen LogP contribution is 2.34. The van der Waals surface area contributed by atoms with Gasteiger partial charge in [0.05, 0.1) is 8.67 Å². The van der Waals surface area contributed by atoms with Crippen LogP contribution in [0, 0.1) is 0 Å². The molecule has 0 saturated heterocycles. The fraction of sp³-hybridized carbons (Fsp3) is 0.333. The van der Waals surface area contributed by atoms with Crippen LogP contribution in [0.2, 0.25) is 8.67 Å². The molecule has 1 atom stereocenters. The minimum absolute atomic E-state index is 0.0475. The Bertz CT molecular complexity index is 249. The topological polar surface area (TPSA) is 38.0 Å². The molecule has 0 aliphatic heterocycles. The summed E-state index contributed by atoms with van der Waals surface area (Å²) < 4.78 is 1.38. The van der Waals surface area contributed by atoms with Gasteiger partial charge >= 0.3 is 0 Å². The zero-order chi connectivity index (χ0) is 8.43. The van der Waals surface area contributed by atoms with Crippen LogP contribution in [0.25, 0.3) is 0 Å². The Morgan fingerprint density at radius 2 is 2.27 bits per heavy atom. The number of rotatable bonds is 2. The smallest absolute Gasteiger partial charge is 0.0992 e. The molecule has 5 heteroatoms. The van der Waals surface area contributed by atoms with E-state index in [1.165, 1.54) is 11.3 Å². The first-order valence-electron chi connectivity index (χ1n) is 3.06. The van der Waals surface area contributed by atoms with E-state index in [-0.39, 0.29) is 6.04 Å². The van der Waals surface area contributed by atoms with Crippen LogP contribution in [-0.4, -0.2) is 0 Å². The number of thiophene rings is 1. The third kappa shape index (κ3) is 2.07. The molecule has 1 rings (SSSR count). The average Bonchev–Trinajstić information content (AvgIpc) is 2.28. The van der Waals surface area contributed by atoms with Gasteiger partial charge in [-0.1, -0.05) is 23.2 Å². The van der Waals surface area contributed by atoms with Crippen molar-refractivity contribution in [2.75, 3.05) is 0 Å². The van der Waals surface area contributed by atoms with Crippen LogP contribution in [0.4, 0.5) is 0 Å². The number of nitrogens with two attached hydrogens (primary N) is 1. The van der Waals surface area contributed by atoms with Crippen LogP contribution in [0.5, 0.6) is 0 Å². The molecule has 1 aromatic rings. The van der Waals surface area contributed by atoms with Gasteiger partial charge in [-0.3, -0.25) is 11.3 Å². The van der Waals surface area contributed by atoms with Gasteiger partial charge in [0.15, 0.2) is 0 Å². The van der Waals surface area contributed by atoms with Crippen molar-refractivity contribution in [2.45, 2.75) is 13.0 Å². The van der Waals surface area contributed by atoms with Crippen LogP contribution in [0.3, 0.4) is 0 Å². The van der Waals surface area contributed by atoms with Gasteiger partial charge in [0.2, 0.25) is 0 Å². The van der Waals surface area contributed by atoms with Gasteiger partial charge in [0.1, 0.15) is 0 Å². The van der Waals surface area contributed by atoms with Crippen molar-refractivity contribution < 1.29 is 0 Å². The van der Waals surface area contributed by atoms with E-state index in [0.717, 1.165) is 5.56 Å². The molecule has 3 N–H and O–H groups in total. The molecule has 0 saturated carbocycles. The highest BCUT2D eigenvalue weighted by molar-refractivity contribution is 7.20. The molecule has 11 heavy (non-hydrogen) atoms. The largest absolute Gasteiger partial charge is 0.271 e. The zero-order valence-electron chi connectivity index (χ0n) is 5.90. The van der Waals surface area contributed by atoms with E-state index in [0.29, 0.717) is 8.67 Å². The fourth-order valence-corrected chi connectivity index (χ4v) is 2.38. The molecule has 2 nitrogen and oxygen atoms in total. The Balaban J connectivity index is 2.93. The van der Waals surface area contributed by atoms with Crippen molar-refractivity contribution in [3.05, 3.63) is 20.3 Å². The maximum absolute atomic E-state index is 5.86. The summed E-state index contributed by atoms with van der Waals surface area (Å²) in [5, 5.41) is 0. The van der Waals surface area contributed by atoms with Crippen LogP contribution >= 0.6 is 34.5 Å². The maximum Gasteiger partial charge on any atom is 0.0992 e. The molecular formula is C6H8Cl2N2S. The molecule has 1 heterocycles. The molecule has 0 spiro atoms. The van der Waals surface area contributed by atoms with Gasteiger partial charge in [-0.05, 0) is 13.0 Å². The minimum atomic E-state index is 0.0475. The Morgan fingerprint density at radius 3 is 2.64 bits per heavy atom. The maximum atomic E-state index is 5.86. The highest BCUT2D eigenvalue weighted by atomic mass is 35.5. The summed E-state index contributed by atoms with van der Waals surface area (Å²) in [6.07, 6.45) is 0. The first kappa shape index (κ1) is 9.29. The lowest BCUT2D eigenvalue weighted by atomic mass is 10.2. The van der Waals surface area contributed by atoms with Crippen LogP contribution in [-0.2, 0) is 0 Å². The monoisotopic (exact) mass is 210 g/mol. The number of nitrogens with one attached hydrogen (secondary N) is 1. The molecule has 62 valence electrons. The molecule has 1 aromatic heterocycles. The van der Waals surface area contributed by atoms with Crippen LogP contribution < -0.4 is 11.3 Å². The van der Waals surface area contributed by atoms with Crippen molar-refractivity contribution in [1.82, 2.24) is 5.43 Å². The van der Waals surface area contributed by atoms with E-state index in [1.54, 1.807) is 0 Å². The van der Waals surface area contributed by atoms with Crippen molar-refractivity contribution in [3.8, 4) is 0 Å². The van der Waals surface area contributed by atoms with Crippen LogP contribution in [0.1, 0.15) is 18.5 Å². The number of hydrazine groups is 1. The SMILES string of the molecule is C[C@H](NN)c1cc(Cl)sc1Cl. The minimum Gasteiger partial charge on any atom is -0.271 e. The summed E-state index contributed by atoms with van der Waals surface area (Å²) in [5.74, 6) is 5.24. The number of hydrogen-bond donors (Lipinski definition) is 2. The van der Waals surface area contributed by atoms with Crippen molar-refractivity contribution in [2.24, 2.45) is 5.84 Å². The zero-order valence-corrected chi connectivity index (χ0v) is 8.22. The van der Waals surface area contributed by atoms with Gasteiger partial charge in [0.25, 0.3) is 0 Å². The van der Waals surface area contributed by atoms with Gasteiger partial charge in [0, 0.05) is 11.6 Å². The lowest BCUT2D eigenvalue weighted by Crippen LogP contribution is -2.25. The number of halogens is 2. The lowest BCUT2D eigenvalue weighted by molar-refractivity contribution is 0.604. The lowest BCUT2D eigenvalue weighted by Gasteiger charge is -2.06. The Morgan fingerprint density at radius 1 is 1.64 bits per heavy atom. The van der Waals surface area contributed by atoms with Crippen LogP contribution in [0.15, 0.2) is 6.07 Å². The molecule has 0 unspecified atom stereocenters. The Kier molecular flexibility index (Phi) is 3.16. The van der Waals surface area contributed by atoms with Gasteiger partial charge in [-0.2, -0.15) is 0 Å². The van der Waals surface area contributed by atoms with E-state index in [1.807, 2.05) is 13.0 Å². The Hall–Kier alpha value is 0.200. The molecule has 0 fully saturated rings. The summed E-state index contributed by atoms with van der Waals surface area (Å²) >= 11 is 12.9. The van der Waals surface area contributed by atoms with Crippen molar-refractivity contribution in [3.63, 3.8) is 0 Å². The van der Waals surface area contributed by atoms with E-state index in [2.05, 4.69) is 5.43 Å². The fourth-order valence-electron chi connectivity index (χ4n) is 0.738. The normalized spacial score (nSPS) is 13.5. The predicted molar refractivity (Wildman–Crippen MR) is 50.1 cm³/mol. The summed E-state index contributed by atoms with van der Waals surface area (Å²) in [6.45, 7) is 1.92. The molecular weight excluding hydrogens is 203 g/mol. The molecule has 0 aliphatic carbocycles. The third-order valence-corrected chi connectivity index (χ3v) is 2.92. The number of hydrogen-bond acceptors (Lipinski definition) is 3. The molecule has 0 aliphatic rings. The van der Waals surface area contributed by atoms with Gasteiger partial charge in [-0.25, -0.2) is 0 Å². The summed E-state index contributed by atoms with van der Waals surface area (Å²) in [6, 6.07) is 1.87. The second-order valence-corrected chi connectivity index (χ2v) is 4.45. The standard InChI is InChI=1S/C6H8Cl2N2S/c1-3(10-9)4-2-5(7)11-6(4)8/h2-3,10H,9H2,1H3/t3-/m0/s1. The third-order valence-electron chi connectivity index (χ3n) is 1.40. The molecule has 0 radical (unpaired) electrons. The first-order chi connectivity index (χ1) is 5.15. The van der Waals surface area contributed by atoms with Gasteiger partial charge in [-0.15, -0.1) is 11.3 Å². The van der Waals surface area contributed by atoms with E-state index in [9.17, 15) is 0 Å². The average molecular weight is 211 g/mol. The van der Waals surface area contributed by atoms with Crippen molar-refractivity contribution in [1.29, 1.82) is 0 Å². The van der Waals surface area contributed by atoms with E-state index in [4.69, 9.17) is 29.0 Å². The summed E-state index contributed by atoms with van der Waals surface area (Å²) in [5.41, 5.74) is 3.55. The second-order valence-electron chi connectivity index (χ2n) is 2.17.